The number of rotatable bonds is 3. The predicted octanol–water partition coefficient (Wildman–Crippen LogP) is 4.24. The van der Waals surface area contributed by atoms with E-state index in [9.17, 15) is 9.59 Å². The standard InChI is InChI=1S/C19H14BrNO4/c1-24-18(22)16-15(11-6-4-3-5-7-11)13-10-12(20)8-9-14(13)21-17(16)19(23)25-2/h3-10H,1-2H3. The SMILES string of the molecule is COC(=O)c1nc2ccc(Br)cc2c(-c2ccccc2)c1C(=O)OC. The summed E-state index contributed by atoms with van der Waals surface area (Å²) in [7, 11) is 2.52. The minimum Gasteiger partial charge on any atom is -0.465 e. The molecule has 1 aromatic heterocycles. The van der Waals surface area contributed by atoms with Crippen molar-refractivity contribution < 1.29 is 19.1 Å². The molecule has 25 heavy (non-hydrogen) atoms. The predicted molar refractivity (Wildman–Crippen MR) is 97.6 cm³/mol. The van der Waals surface area contributed by atoms with Crippen LogP contribution in [0.25, 0.3) is 22.0 Å². The van der Waals surface area contributed by atoms with E-state index in [0.29, 0.717) is 11.1 Å². The topological polar surface area (TPSA) is 65.5 Å². The Labute approximate surface area is 152 Å². The second kappa shape index (κ2) is 7.03. The quantitative estimate of drug-likeness (QED) is 0.616. The molecule has 3 aromatic rings. The highest BCUT2D eigenvalue weighted by Gasteiger charge is 2.27. The molecule has 0 aliphatic carbocycles. The van der Waals surface area contributed by atoms with E-state index in [1.807, 2.05) is 42.5 Å². The maximum Gasteiger partial charge on any atom is 0.357 e. The number of hydrogen-bond donors (Lipinski definition) is 0. The van der Waals surface area contributed by atoms with E-state index in [-0.39, 0.29) is 11.3 Å². The number of aromatic nitrogens is 1. The highest BCUT2D eigenvalue weighted by Crippen LogP contribution is 2.35. The average Bonchev–Trinajstić information content (AvgIpc) is 2.65. The van der Waals surface area contributed by atoms with E-state index in [0.717, 1.165) is 15.4 Å². The molecule has 0 fully saturated rings. The Morgan fingerprint density at radius 1 is 0.960 bits per heavy atom. The Hall–Kier alpha value is -2.73. The molecule has 0 bridgehead atoms. The zero-order valence-electron chi connectivity index (χ0n) is 13.6. The van der Waals surface area contributed by atoms with E-state index in [1.54, 1.807) is 6.07 Å². The molecule has 0 aliphatic heterocycles. The fourth-order valence-electron chi connectivity index (χ4n) is 2.69. The fourth-order valence-corrected chi connectivity index (χ4v) is 3.05. The number of methoxy groups -OCH3 is 2. The van der Waals surface area contributed by atoms with Gasteiger partial charge < -0.3 is 9.47 Å². The number of benzene rings is 2. The van der Waals surface area contributed by atoms with Gasteiger partial charge in [-0.05, 0) is 23.8 Å². The lowest BCUT2D eigenvalue weighted by atomic mass is 9.94. The third-order valence-corrected chi connectivity index (χ3v) is 4.27. The van der Waals surface area contributed by atoms with Crippen LogP contribution in [0.3, 0.4) is 0 Å². The minimum atomic E-state index is -0.692. The van der Waals surface area contributed by atoms with Crippen molar-refractivity contribution in [3.05, 3.63) is 64.3 Å². The number of hydrogen-bond acceptors (Lipinski definition) is 5. The van der Waals surface area contributed by atoms with Crippen LogP contribution >= 0.6 is 15.9 Å². The summed E-state index contributed by atoms with van der Waals surface area (Å²) in [6, 6.07) is 14.8. The number of carbonyl (C=O) groups is 2. The summed E-state index contributed by atoms with van der Waals surface area (Å²) in [6.07, 6.45) is 0. The highest BCUT2D eigenvalue weighted by molar-refractivity contribution is 9.10. The molecule has 2 aromatic carbocycles. The second-order valence-corrected chi connectivity index (χ2v) is 6.14. The summed E-state index contributed by atoms with van der Waals surface area (Å²) in [6.45, 7) is 0. The van der Waals surface area contributed by atoms with Gasteiger partial charge in [-0.15, -0.1) is 0 Å². The number of carbonyl (C=O) groups excluding carboxylic acids is 2. The molecule has 5 nitrogen and oxygen atoms in total. The first-order valence-corrected chi connectivity index (χ1v) is 8.21. The zero-order chi connectivity index (χ0) is 18.0. The molecule has 0 radical (unpaired) electrons. The van der Waals surface area contributed by atoms with Crippen molar-refractivity contribution >= 4 is 38.8 Å². The molecular formula is C19H14BrNO4. The van der Waals surface area contributed by atoms with Crippen LogP contribution in [0.5, 0.6) is 0 Å². The molecule has 0 saturated heterocycles. The van der Waals surface area contributed by atoms with E-state index in [2.05, 4.69) is 20.9 Å². The Kier molecular flexibility index (Phi) is 4.81. The van der Waals surface area contributed by atoms with Crippen LogP contribution in [-0.2, 0) is 9.47 Å². The molecule has 126 valence electrons. The van der Waals surface area contributed by atoms with Crippen LogP contribution in [0.4, 0.5) is 0 Å². The van der Waals surface area contributed by atoms with Crippen LogP contribution in [0, 0.1) is 0 Å². The lowest BCUT2D eigenvalue weighted by molar-refractivity contribution is 0.0551. The van der Waals surface area contributed by atoms with Crippen molar-refractivity contribution in [2.75, 3.05) is 14.2 Å². The summed E-state index contributed by atoms with van der Waals surface area (Å²) in [5.41, 5.74) is 1.96. The Bertz CT molecular complexity index is 970. The summed E-state index contributed by atoms with van der Waals surface area (Å²) < 4.78 is 10.6. The van der Waals surface area contributed by atoms with Gasteiger partial charge >= 0.3 is 11.9 Å². The summed E-state index contributed by atoms with van der Waals surface area (Å²) in [5.74, 6) is -1.34. The van der Waals surface area contributed by atoms with Gasteiger partial charge in [-0.25, -0.2) is 14.6 Å². The smallest absolute Gasteiger partial charge is 0.357 e. The summed E-state index contributed by atoms with van der Waals surface area (Å²) >= 11 is 3.44. The average molecular weight is 400 g/mol. The molecular weight excluding hydrogens is 386 g/mol. The molecule has 1 heterocycles. The number of pyridine rings is 1. The third kappa shape index (κ3) is 3.13. The first-order chi connectivity index (χ1) is 12.1. The molecule has 0 amide bonds. The minimum absolute atomic E-state index is 0.0666. The monoisotopic (exact) mass is 399 g/mol. The van der Waals surface area contributed by atoms with Crippen LogP contribution < -0.4 is 0 Å². The van der Waals surface area contributed by atoms with Crippen molar-refractivity contribution in [1.82, 2.24) is 4.98 Å². The van der Waals surface area contributed by atoms with E-state index in [1.165, 1.54) is 14.2 Å². The third-order valence-electron chi connectivity index (χ3n) is 3.78. The van der Waals surface area contributed by atoms with Crippen LogP contribution in [0.2, 0.25) is 0 Å². The summed E-state index contributed by atoms with van der Waals surface area (Å²) in [4.78, 5) is 29.1. The number of nitrogens with zero attached hydrogens (tertiary/aromatic N) is 1. The Balaban J connectivity index is 2.51. The van der Waals surface area contributed by atoms with Crippen LogP contribution in [0.1, 0.15) is 20.8 Å². The van der Waals surface area contributed by atoms with Gasteiger partial charge in [-0.2, -0.15) is 0 Å². The highest BCUT2D eigenvalue weighted by atomic mass is 79.9. The molecule has 3 rings (SSSR count). The Morgan fingerprint density at radius 2 is 1.64 bits per heavy atom. The number of fused-ring (bicyclic) bond motifs is 1. The lowest BCUT2D eigenvalue weighted by Crippen LogP contribution is -2.16. The van der Waals surface area contributed by atoms with Gasteiger partial charge in [-0.3, -0.25) is 0 Å². The van der Waals surface area contributed by atoms with Gasteiger partial charge in [0, 0.05) is 15.4 Å². The van der Waals surface area contributed by atoms with Crippen molar-refractivity contribution in [1.29, 1.82) is 0 Å². The molecule has 0 aliphatic rings. The van der Waals surface area contributed by atoms with E-state index < -0.39 is 11.9 Å². The van der Waals surface area contributed by atoms with Gasteiger partial charge in [0.25, 0.3) is 0 Å². The normalized spacial score (nSPS) is 10.5. The van der Waals surface area contributed by atoms with Crippen LogP contribution in [0.15, 0.2) is 53.0 Å². The fraction of sp³-hybridized carbons (Fsp3) is 0.105. The van der Waals surface area contributed by atoms with Crippen molar-refractivity contribution in [3.63, 3.8) is 0 Å². The van der Waals surface area contributed by atoms with E-state index in [4.69, 9.17) is 9.47 Å². The maximum atomic E-state index is 12.5. The molecule has 6 heteroatoms. The molecule has 0 unspecified atom stereocenters. The van der Waals surface area contributed by atoms with Gasteiger partial charge in [0.05, 0.1) is 19.7 Å². The number of halogens is 1. The summed E-state index contributed by atoms with van der Waals surface area (Å²) in [5, 5.41) is 0.730. The number of esters is 2. The molecule has 0 atom stereocenters. The zero-order valence-corrected chi connectivity index (χ0v) is 15.2. The van der Waals surface area contributed by atoms with Crippen molar-refractivity contribution in [2.24, 2.45) is 0 Å². The van der Waals surface area contributed by atoms with E-state index >= 15 is 0 Å². The number of ether oxygens (including phenoxy) is 2. The molecule has 0 saturated carbocycles. The lowest BCUT2D eigenvalue weighted by Gasteiger charge is -2.15. The Morgan fingerprint density at radius 3 is 2.28 bits per heavy atom. The van der Waals surface area contributed by atoms with Crippen LogP contribution in [-0.4, -0.2) is 31.1 Å². The molecule has 0 N–H and O–H groups in total. The van der Waals surface area contributed by atoms with Gasteiger partial charge in [-0.1, -0.05) is 46.3 Å². The van der Waals surface area contributed by atoms with Gasteiger partial charge in [0.15, 0.2) is 5.69 Å². The largest absolute Gasteiger partial charge is 0.465 e. The van der Waals surface area contributed by atoms with Gasteiger partial charge in [0.1, 0.15) is 5.56 Å². The first-order valence-electron chi connectivity index (χ1n) is 7.42. The maximum absolute atomic E-state index is 12.5. The molecule has 0 spiro atoms. The first kappa shape index (κ1) is 17.1. The second-order valence-electron chi connectivity index (χ2n) is 5.22. The van der Waals surface area contributed by atoms with Crippen molar-refractivity contribution in [3.8, 4) is 11.1 Å². The van der Waals surface area contributed by atoms with Crippen molar-refractivity contribution in [2.45, 2.75) is 0 Å². The van der Waals surface area contributed by atoms with Gasteiger partial charge in [0.2, 0.25) is 0 Å².